The van der Waals surface area contributed by atoms with Gasteiger partial charge in [0.05, 0.1) is 12.1 Å². The molecule has 32 heavy (non-hydrogen) atoms. The Morgan fingerprint density at radius 2 is 1.62 bits per heavy atom. The van der Waals surface area contributed by atoms with E-state index in [1.54, 1.807) is 11.0 Å². The quantitative estimate of drug-likeness (QED) is 0.457. The molecule has 0 aliphatic heterocycles. The maximum atomic E-state index is 14.2. The zero-order valence-electron chi connectivity index (χ0n) is 18.6. The van der Waals surface area contributed by atoms with Gasteiger partial charge < -0.3 is 14.2 Å². The van der Waals surface area contributed by atoms with Crippen LogP contribution in [0, 0.1) is 12.7 Å². The molecule has 0 aliphatic rings. The fraction of sp³-hybridized carbons (Fsp3) is 0.308. The highest BCUT2D eigenvalue weighted by Gasteiger charge is 2.24. The summed E-state index contributed by atoms with van der Waals surface area (Å²) >= 11 is 0. The fourth-order valence-electron chi connectivity index (χ4n) is 3.55. The van der Waals surface area contributed by atoms with Crippen molar-refractivity contribution in [1.29, 1.82) is 0 Å². The highest BCUT2D eigenvalue weighted by molar-refractivity contribution is 5.96. The smallest absolute Gasteiger partial charge is 0.257 e. The molecule has 0 N–H and O–H groups in total. The van der Waals surface area contributed by atoms with E-state index >= 15 is 0 Å². The highest BCUT2D eigenvalue weighted by Crippen LogP contribution is 2.14. The zero-order valence-corrected chi connectivity index (χ0v) is 18.6. The second-order valence-electron chi connectivity index (χ2n) is 7.77. The molecule has 1 aromatic heterocycles. The molecular weight excluding hydrogens is 407 g/mol. The van der Waals surface area contributed by atoms with Gasteiger partial charge in [-0.1, -0.05) is 49.4 Å². The number of furan rings is 1. The van der Waals surface area contributed by atoms with Crippen molar-refractivity contribution in [3.63, 3.8) is 0 Å². The number of rotatable bonds is 10. The summed E-state index contributed by atoms with van der Waals surface area (Å²) in [5.74, 6) is 0.200. The normalized spacial score (nSPS) is 10.7. The van der Waals surface area contributed by atoms with Crippen LogP contribution < -0.4 is 0 Å². The number of hydrogen-bond acceptors (Lipinski definition) is 3. The van der Waals surface area contributed by atoms with Crippen LogP contribution in [-0.4, -0.2) is 41.2 Å². The van der Waals surface area contributed by atoms with E-state index in [0.717, 1.165) is 11.3 Å². The number of benzene rings is 2. The van der Waals surface area contributed by atoms with Gasteiger partial charge in [-0.3, -0.25) is 9.59 Å². The Morgan fingerprint density at radius 3 is 2.28 bits per heavy atom. The molecule has 5 nitrogen and oxygen atoms in total. The van der Waals surface area contributed by atoms with E-state index in [-0.39, 0.29) is 18.0 Å². The number of amides is 2. The zero-order chi connectivity index (χ0) is 22.9. The van der Waals surface area contributed by atoms with Crippen molar-refractivity contribution in [3.8, 4) is 0 Å². The standard InChI is InChI=1S/C26H29FN2O3/c1-3-16-29(26(31)23-11-7-8-12-24(23)27)19-25(30)28(18-22-14-13-20(2)32-22)17-15-21-9-5-4-6-10-21/h4-14H,3,15-19H2,1-2H3. The number of hydrogen-bond donors (Lipinski definition) is 0. The number of halogens is 1. The summed E-state index contributed by atoms with van der Waals surface area (Å²) < 4.78 is 19.9. The molecule has 0 saturated heterocycles. The largest absolute Gasteiger partial charge is 0.464 e. The predicted octanol–water partition coefficient (Wildman–Crippen LogP) is 4.85. The summed E-state index contributed by atoms with van der Waals surface area (Å²) in [6, 6.07) is 19.5. The SMILES string of the molecule is CCCN(CC(=O)N(CCc1ccccc1)Cc1ccc(C)o1)C(=O)c1ccccc1F. The highest BCUT2D eigenvalue weighted by atomic mass is 19.1. The molecule has 3 rings (SSSR count). The van der Waals surface area contributed by atoms with E-state index in [2.05, 4.69) is 0 Å². The summed E-state index contributed by atoms with van der Waals surface area (Å²) in [7, 11) is 0. The van der Waals surface area contributed by atoms with Gasteiger partial charge in [0, 0.05) is 13.1 Å². The summed E-state index contributed by atoms with van der Waals surface area (Å²) in [6.07, 6.45) is 1.34. The summed E-state index contributed by atoms with van der Waals surface area (Å²) in [6.45, 7) is 4.82. The molecule has 0 unspecified atom stereocenters. The van der Waals surface area contributed by atoms with Gasteiger partial charge in [-0.15, -0.1) is 0 Å². The van der Waals surface area contributed by atoms with Crippen LogP contribution in [0.4, 0.5) is 4.39 Å². The molecule has 0 radical (unpaired) electrons. The first-order valence-corrected chi connectivity index (χ1v) is 10.9. The Balaban J connectivity index is 1.76. The summed E-state index contributed by atoms with van der Waals surface area (Å²) in [4.78, 5) is 29.3. The second kappa shape index (κ2) is 11.3. The van der Waals surface area contributed by atoms with Gasteiger partial charge in [0.25, 0.3) is 5.91 Å². The molecular formula is C26H29FN2O3. The molecule has 2 aromatic carbocycles. The minimum absolute atomic E-state index is 0.0220. The lowest BCUT2D eigenvalue weighted by molar-refractivity contribution is -0.132. The molecule has 0 atom stereocenters. The number of nitrogens with zero attached hydrogens (tertiary/aromatic N) is 2. The average Bonchev–Trinajstić information content (AvgIpc) is 3.21. The van der Waals surface area contributed by atoms with Crippen molar-refractivity contribution >= 4 is 11.8 Å². The number of aryl methyl sites for hydroxylation is 1. The molecule has 168 valence electrons. The van der Waals surface area contributed by atoms with Crippen LogP contribution >= 0.6 is 0 Å². The van der Waals surface area contributed by atoms with E-state index in [4.69, 9.17) is 4.42 Å². The third kappa shape index (κ3) is 6.30. The van der Waals surface area contributed by atoms with Crippen molar-refractivity contribution in [1.82, 2.24) is 9.80 Å². The van der Waals surface area contributed by atoms with Gasteiger partial charge in [0.2, 0.25) is 5.91 Å². The Kier molecular flexibility index (Phi) is 8.20. The molecule has 6 heteroatoms. The van der Waals surface area contributed by atoms with Gasteiger partial charge in [-0.25, -0.2) is 4.39 Å². The van der Waals surface area contributed by atoms with Gasteiger partial charge in [-0.05, 0) is 49.6 Å². The molecule has 0 fully saturated rings. The lowest BCUT2D eigenvalue weighted by Crippen LogP contribution is -2.43. The monoisotopic (exact) mass is 436 g/mol. The average molecular weight is 437 g/mol. The lowest BCUT2D eigenvalue weighted by atomic mass is 10.1. The Labute approximate surface area is 188 Å². The van der Waals surface area contributed by atoms with Crippen LogP contribution in [0.15, 0.2) is 71.1 Å². The Morgan fingerprint density at radius 1 is 0.906 bits per heavy atom. The van der Waals surface area contributed by atoms with E-state index in [0.29, 0.717) is 38.2 Å². The van der Waals surface area contributed by atoms with Crippen LogP contribution in [0.25, 0.3) is 0 Å². The predicted molar refractivity (Wildman–Crippen MR) is 122 cm³/mol. The Hall–Kier alpha value is -3.41. The third-order valence-corrected chi connectivity index (χ3v) is 5.22. The molecule has 0 aliphatic carbocycles. The molecule has 1 heterocycles. The van der Waals surface area contributed by atoms with Crippen molar-refractivity contribution in [3.05, 3.63) is 95.2 Å². The van der Waals surface area contributed by atoms with Crippen LogP contribution in [0.5, 0.6) is 0 Å². The van der Waals surface area contributed by atoms with Crippen molar-refractivity contribution < 1.29 is 18.4 Å². The lowest BCUT2D eigenvalue weighted by Gasteiger charge is -2.27. The van der Waals surface area contributed by atoms with E-state index in [1.165, 1.54) is 23.1 Å². The van der Waals surface area contributed by atoms with Crippen LogP contribution in [-0.2, 0) is 17.8 Å². The molecule has 0 spiro atoms. The van der Waals surface area contributed by atoms with Crippen LogP contribution in [0.1, 0.15) is 40.8 Å². The van der Waals surface area contributed by atoms with Gasteiger partial charge in [-0.2, -0.15) is 0 Å². The number of carbonyl (C=O) groups excluding carboxylic acids is 2. The van der Waals surface area contributed by atoms with E-state index in [1.807, 2.05) is 56.3 Å². The first-order chi connectivity index (χ1) is 15.5. The maximum Gasteiger partial charge on any atom is 0.257 e. The molecule has 2 amide bonds. The topological polar surface area (TPSA) is 53.8 Å². The number of carbonyl (C=O) groups is 2. The molecule has 0 bridgehead atoms. The van der Waals surface area contributed by atoms with Crippen molar-refractivity contribution in [2.75, 3.05) is 19.6 Å². The van der Waals surface area contributed by atoms with Crippen LogP contribution in [0.3, 0.4) is 0 Å². The maximum absolute atomic E-state index is 14.2. The minimum atomic E-state index is -0.585. The Bertz CT molecular complexity index is 1030. The van der Waals surface area contributed by atoms with Gasteiger partial charge in [0.15, 0.2) is 0 Å². The third-order valence-electron chi connectivity index (χ3n) is 5.22. The molecule has 3 aromatic rings. The fourth-order valence-corrected chi connectivity index (χ4v) is 3.55. The van der Waals surface area contributed by atoms with E-state index in [9.17, 15) is 14.0 Å². The first-order valence-electron chi connectivity index (χ1n) is 10.9. The van der Waals surface area contributed by atoms with Gasteiger partial charge in [0.1, 0.15) is 23.9 Å². The summed E-state index contributed by atoms with van der Waals surface area (Å²) in [5, 5.41) is 0. The first kappa shape index (κ1) is 23.3. The summed E-state index contributed by atoms with van der Waals surface area (Å²) in [5.41, 5.74) is 1.10. The van der Waals surface area contributed by atoms with Crippen molar-refractivity contribution in [2.24, 2.45) is 0 Å². The molecule has 0 saturated carbocycles. The van der Waals surface area contributed by atoms with Crippen LogP contribution in [0.2, 0.25) is 0 Å². The minimum Gasteiger partial charge on any atom is -0.464 e. The second-order valence-corrected chi connectivity index (χ2v) is 7.77. The van der Waals surface area contributed by atoms with E-state index < -0.39 is 11.7 Å². The van der Waals surface area contributed by atoms with Crippen molar-refractivity contribution in [2.45, 2.75) is 33.2 Å². The van der Waals surface area contributed by atoms with Gasteiger partial charge >= 0.3 is 0 Å².